The van der Waals surface area contributed by atoms with E-state index >= 15 is 0 Å². The van der Waals surface area contributed by atoms with Gasteiger partial charge in [0.1, 0.15) is 6.61 Å². The van der Waals surface area contributed by atoms with Crippen molar-refractivity contribution in [2.24, 2.45) is 0 Å². The predicted octanol–water partition coefficient (Wildman–Crippen LogP) is 3.96. The average molecular weight is 265 g/mol. The fourth-order valence-electron chi connectivity index (χ4n) is 1.85. The molecule has 0 heterocycles. The van der Waals surface area contributed by atoms with E-state index in [2.05, 4.69) is 12.6 Å². The largest absolute Gasteiger partial charge is 0.457 e. The number of carbonyl (C=O) groups excluding carboxylic acids is 1. The Kier molecular flexibility index (Phi) is 5.13. The number of hydrogen-bond acceptors (Lipinski definition) is 2. The monoisotopic (exact) mass is 265 g/mol. The summed E-state index contributed by atoms with van der Waals surface area (Å²) in [5.41, 5.74) is 2.55. The molecule has 101 valence electrons. The standard InChI is InChI=1S/C18H17O2/c1-2-3-8-15-11-7-12-17(13-15)18(19)20-14-16-9-5-4-6-10-16/h2,4-7,9-10,12-13H,1,3,8,14H2. The van der Waals surface area contributed by atoms with Crippen LogP contribution in [0.2, 0.25) is 0 Å². The molecule has 2 nitrogen and oxygen atoms in total. The predicted molar refractivity (Wildman–Crippen MR) is 79.4 cm³/mol. The molecule has 0 spiro atoms. The van der Waals surface area contributed by atoms with Crippen molar-refractivity contribution in [3.63, 3.8) is 0 Å². The number of hydrogen-bond donors (Lipinski definition) is 0. The summed E-state index contributed by atoms with van der Waals surface area (Å²) < 4.78 is 5.30. The molecule has 2 aromatic rings. The van der Waals surface area contributed by atoms with Gasteiger partial charge >= 0.3 is 5.97 Å². The highest BCUT2D eigenvalue weighted by molar-refractivity contribution is 5.89. The molecule has 0 atom stereocenters. The van der Waals surface area contributed by atoms with E-state index in [0.717, 1.165) is 24.0 Å². The number of carbonyl (C=O) groups is 1. The smallest absolute Gasteiger partial charge is 0.338 e. The van der Waals surface area contributed by atoms with E-state index < -0.39 is 0 Å². The van der Waals surface area contributed by atoms with Crippen LogP contribution < -0.4 is 0 Å². The Hall–Kier alpha value is -2.35. The zero-order valence-corrected chi connectivity index (χ0v) is 11.3. The Morgan fingerprint density at radius 3 is 2.80 bits per heavy atom. The SMILES string of the molecule is C=CCCc1[c]ccc(C(=O)OCc2ccccc2)c1. The van der Waals surface area contributed by atoms with Gasteiger partial charge in [-0.2, -0.15) is 0 Å². The van der Waals surface area contributed by atoms with Gasteiger partial charge in [-0.1, -0.05) is 42.5 Å². The molecule has 0 aromatic heterocycles. The Labute approximate surface area is 119 Å². The molecule has 0 bridgehead atoms. The second-order valence-electron chi connectivity index (χ2n) is 4.49. The first-order chi connectivity index (χ1) is 9.79. The molecule has 2 heteroatoms. The summed E-state index contributed by atoms with van der Waals surface area (Å²) >= 11 is 0. The van der Waals surface area contributed by atoms with Gasteiger partial charge in [-0.25, -0.2) is 4.79 Å². The summed E-state index contributed by atoms with van der Waals surface area (Å²) in [6.45, 7) is 3.98. The maximum Gasteiger partial charge on any atom is 0.338 e. The van der Waals surface area contributed by atoms with Crippen LogP contribution in [0.1, 0.15) is 27.9 Å². The van der Waals surface area contributed by atoms with E-state index in [0.29, 0.717) is 12.2 Å². The maximum atomic E-state index is 12.0. The van der Waals surface area contributed by atoms with Gasteiger partial charge in [-0.3, -0.25) is 0 Å². The summed E-state index contributed by atoms with van der Waals surface area (Å²) in [6.07, 6.45) is 3.57. The van der Waals surface area contributed by atoms with Crippen LogP contribution in [-0.2, 0) is 17.8 Å². The molecular weight excluding hydrogens is 248 g/mol. The molecule has 1 radical (unpaired) electrons. The van der Waals surface area contributed by atoms with Crippen LogP contribution >= 0.6 is 0 Å². The quantitative estimate of drug-likeness (QED) is 0.583. The average Bonchev–Trinajstić information content (AvgIpc) is 2.52. The number of rotatable bonds is 6. The van der Waals surface area contributed by atoms with Crippen molar-refractivity contribution in [1.82, 2.24) is 0 Å². The lowest BCUT2D eigenvalue weighted by atomic mass is 10.1. The van der Waals surface area contributed by atoms with Crippen molar-refractivity contribution in [2.75, 3.05) is 0 Å². The van der Waals surface area contributed by atoms with Gasteiger partial charge in [0.15, 0.2) is 0 Å². The first-order valence-electron chi connectivity index (χ1n) is 6.62. The molecule has 0 saturated carbocycles. The summed E-state index contributed by atoms with van der Waals surface area (Å²) in [5, 5.41) is 0. The zero-order chi connectivity index (χ0) is 14.2. The number of aryl methyl sites for hydroxylation is 1. The van der Waals surface area contributed by atoms with Gasteiger partial charge in [0.2, 0.25) is 0 Å². The lowest BCUT2D eigenvalue weighted by Gasteiger charge is -2.06. The van der Waals surface area contributed by atoms with E-state index in [-0.39, 0.29) is 5.97 Å². The number of ether oxygens (including phenoxy) is 1. The van der Waals surface area contributed by atoms with Gasteiger partial charge in [0, 0.05) is 0 Å². The third-order valence-electron chi connectivity index (χ3n) is 2.93. The van der Waals surface area contributed by atoms with Crippen molar-refractivity contribution in [3.05, 3.63) is 83.9 Å². The molecule has 0 aliphatic carbocycles. The molecular formula is C18H17O2. The van der Waals surface area contributed by atoms with Gasteiger partial charge < -0.3 is 4.74 Å². The highest BCUT2D eigenvalue weighted by Crippen LogP contribution is 2.10. The first kappa shape index (κ1) is 14.1. The zero-order valence-electron chi connectivity index (χ0n) is 11.3. The minimum atomic E-state index is -0.303. The third-order valence-corrected chi connectivity index (χ3v) is 2.93. The molecule has 2 rings (SSSR count). The molecule has 20 heavy (non-hydrogen) atoms. The summed E-state index contributed by atoms with van der Waals surface area (Å²) in [4.78, 5) is 12.0. The van der Waals surface area contributed by atoms with Crippen LogP contribution in [0, 0.1) is 6.07 Å². The number of allylic oxidation sites excluding steroid dienone is 1. The molecule has 0 unspecified atom stereocenters. The normalized spacial score (nSPS) is 10.0. The van der Waals surface area contributed by atoms with Crippen molar-refractivity contribution in [3.8, 4) is 0 Å². The van der Waals surface area contributed by atoms with E-state index in [1.807, 2.05) is 42.5 Å². The van der Waals surface area contributed by atoms with Gasteiger partial charge in [-0.05, 0) is 42.2 Å². The minimum Gasteiger partial charge on any atom is -0.457 e. The second-order valence-corrected chi connectivity index (χ2v) is 4.49. The molecule has 0 N–H and O–H groups in total. The van der Waals surface area contributed by atoms with Crippen LogP contribution in [0.3, 0.4) is 0 Å². The summed E-state index contributed by atoms with van der Waals surface area (Å²) in [6, 6.07) is 18.1. The Morgan fingerprint density at radius 1 is 1.25 bits per heavy atom. The minimum absolute atomic E-state index is 0.292. The van der Waals surface area contributed by atoms with Crippen LogP contribution in [-0.4, -0.2) is 5.97 Å². The van der Waals surface area contributed by atoms with E-state index in [4.69, 9.17) is 4.74 Å². The topological polar surface area (TPSA) is 26.3 Å². The fourth-order valence-corrected chi connectivity index (χ4v) is 1.85. The van der Waals surface area contributed by atoms with Gasteiger partial charge in [0.25, 0.3) is 0 Å². The van der Waals surface area contributed by atoms with Crippen molar-refractivity contribution in [2.45, 2.75) is 19.4 Å². The third kappa shape index (κ3) is 4.09. The van der Waals surface area contributed by atoms with Crippen molar-refractivity contribution < 1.29 is 9.53 Å². The number of esters is 1. The Bertz CT molecular complexity index is 573. The van der Waals surface area contributed by atoms with Crippen molar-refractivity contribution in [1.29, 1.82) is 0 Å². The maximum absolute atomic E-state index is 12.0. The summed E-state index contributed by atoms with van der Waals surface area (Å²) in [5.74, 6) is -0.303. The summed E-state index contributed by atoms with van der Waals surface area (Å²) in [7, 11) is 0. The van der Waals surface area contributed by atoms with Gasteiger partial charge in [0.05, 0.1) is 5.56 Å². The Morgan fingerprint density at radius 2 is 2.05 bits per heavy atom. The Balaban J connectivity index is 1.96. The molecule has 2 aromatic carbocycles. The van der Waals surface area contributed by atoms with Crippen LogP contribution in [0.25, 0.3) is 0 Å². The first-order valence-corrected chi connectivity index (χ1v) is 6.62. The fraction of sp³-hybridized carbons (Fsp3) is 0.167. The number of benzene rings is 2. The van der Waals surface area contributed by atoms with Crippen LogP contribution in [0.5, 0.6) is 0 Å². The lowest BCUT2D eigenvalue weighted by Crippen LogP contribution is -2.05. The van der Waals surface area contributed by atoms with E-state index in [1.165, 1.54) is 0 Å². The molecule has 0 aliphatic rings. The second kappa shape index (κ2) is 7.29. The van der Waals surface area contributed by atoms with Crippen molar-refractivity contribution >= 4 is 5.97 Å². The molecule has 0 aliphatic heterocycles. The van der Waals surface area contributed by atoms with Crippen LogP contribution in [0.15, 0.2) is 61.2 Å². The molecule has 0 saturated heterocycles. The van der Waals surface area contributed by atoms with Gasteiger partial charge in [-0.15, -0.1) is 6.58 Å². The van der Waals surface area contributed by atoms with Crippen LogP contribution in [0.4, 0.5) is 0 Å². The molecule has 0 amide bonds. The lowest BCUT2D eigenvalue weighted by molar-refractivity contribution is 0.0472. The highest BCUT2D eigenvalue weighted by atomic mass is 16.5. The van der Waals surface area contributed by atoms with E-state index in [1.54, 1.807) is 12.1 Å². The van der Waals surface area contributed by atoms with E-state index in [9.17, 15) is 4.79 Å². The molecule has 0 fully saturated rings. The highest BCUT2D eigenvalue weighted by Gasteiger charge is 2.08.